The smallest absolute Gasteiger partial charge is 0.295 e. The zero-order valence-electron chi connectivity index (χ0n) is 20.1. The van der Waals surface area contributed by atoms with Crippen LogP contribution in [-0.4, -0.2) is 33.8 Å². The Morgan fingerprint density at radius 1 is 1.06 bits per heavy atom. The molecule has 6 nitrogen and oxygen atoms in total. The monoisotopic (exact) mass is 490 g/mol. The van der Waals surface area contributed by atoms with E-state index in [2.05, 4.69) is 25.8 Å². The van der Waals surface area contributed by atoms with Crippen LogP contribution in [0.15, 0.2) is 72.6 Å². The van der Waals surface area contributed by atoms with Crippen LogP contribution < -0.4 is 4.74 Å². The maximum Gasteiger partial charge on any atom is 0.295 e. The molecule has 0 saturated carbocycles. The van der Waals surface area contributed by atoms with E-state index in [-0.39, 0.29) is 23.3 Å². The van der Waals surface area contributed by atoms with Gasteiger partial charge >= 0.3 is 0 Å². The molecule has 4 rings (SSSR count). The third-order valence-corrected chi connectivity index (χ3v) is 6.40. The van der Waals surface area contributed by atoms with E-state index >= 15 is 0 Å². The van der Waals surface area contributed by atoms with E-state index in [0.717, 1.165) is 11.1 Å². The molecule has 0 spiro atoms. The number of carbonyl (C=O) groups is 2. The SMILES string of the molecule is COc1ccc(C(C)(C)C)cc1/C(O)=C1\C(=O)C(=O)N(Cc2ccncc2)C1c1ccc(Cl)cc1. The van der Waals surface area contributed by atoms with Crippen molar-refractivity contribution < 1.29 is 19.4 Å². The minimum absolute atomic E-state index is 0.00994. The largest absolute Gasteiger partial charge is 0.507 e. The highest BCUT2D eigenvalue weighted by molar-refractivity contribution is 6.46. The van der Waals surface area contributed by atoms with Gasteiger partial charge in [-0.2, -0.15) is 0 Å². The van der Waals surface area contributed by atoms with Gasteiger partial charge in [-0.1, -0.05) is 50.6 Å². The Bertz CT molecular complexity index is 1290. The molecule has 3 aromatic rings. The number of Topliss-reactive ketones (excluding diaryl/α,β-unsaturated/α-hetero) is 1. The van der Waals surface area contributed by atoms with Crippen molar-refractivity contribution in [2.75, 3.05) is 7.11 Å². The van der Waals surface area contributed by atoms with Gasteiger partial charge in [0.2, 0.25) is 0 Å². The highest BCUT2D eigenvalue weighted by Gasteiger charge is 2.46. The highest BCUT2D eigenvalue weighted by Crippen LogP contribution is 2.42. The van der Waals surface area contributed by atoms with Crippen molar-refractivity contribution in [1.82, 2.24) is 9.88 Å². The Hall–Kier alpha value is -3.64. The number of aliphatic hydroxyl groups is 1. The maximum atomic E-state index is 13.4. The van der Waals surface area contributed by atoms with Crippen molar-refractivity contribution in [3.8, 4) is 5.75 Å². The lowest BCUT2D eigenvalue weighted by atomic mass is 9.85. The zero-order valence-corrected chi connectivity index (χ0v) is 20.8. The summed E-state index contributed by atoms with van der Waals surface area (Å²) in [6.45, 7) is 6.34. The predicted octanol–water partition coefficient (Wildman–Crippen LogP) is 5.66. The number of pyridine rings is 1. The summed E-state index contributed by atoms with van der Waals surface area (Å²) in [5.41, 5.74) is 2.60. The Balaban J connectivity index is 1.92. The van der Waals surface area contributed by atoms with Gasteiger partial charge in [0.15, 0.2) is 0 Å². The summed E-state index contributed by atoms with van der Waals surface area (Å²) in [7, 11) is 1.50. The predicted molar refractivity (Wildman–Crippen MR) is 135 cm³/mol. The van der Waals surface area contributed by atoms with Crippen LogP contribution in [-0.2, 0) is 21.5 Å². The number of benzene rings is 2. The molecule has 1 saturated heterocycles. The molecule has 1 unspecified atom stereocenters. The average molecular weight is 491 g/mol. The number of ether oxygens (including phenoxy) is 1. The fourth-order valence-corrected chi connectivity index (χ4v) is 4.35. The summed E-state index contributed by atoms with van der Waals surface area (Å²) >= 11 is 6.10. The first-order valence-corrected chi connectivity index (χ1v) is 11.6. The second kappa shape index (κ2) is 9.55. The number of carbonyl (C=O) groups excluding carboxylic acids is 2. The summed E-state index contributed by atoms with van der Waals surface area (Å²) in [4.78, 5) is 32.1. The van der Waals surface area contributed by atoms with Crippen molar-refractivity contribution in [2.45, 2.75) is 38.8 Å². The fraction of sp³-hybridized carbons (Fsp3) is 0.250. The molecule has 7 heteroatoms. The lowest BCUT2D eigenvalue weighted by Crippen LogP contribution is -2.29. The van der Waals surface area contributed by atoms with Gasteiger partial charge in [-0.15, -0.1) is 0 Å². The Labute approximate surface area is 209 Å². The molecule has 2 heterocycles. The topological polar surface area (TPSA) is 79.7 Å². The van der Waals surface area contributed by atoms with E-state index in [1.165, 1.54) is 12.0 Å². The van der Waals surface area contributed by atoms with Crippen LogP contribution in [0, 0.1) is 0 Å². The Morgan fingerprint density at radius 2 is 1.71 bits per heavy atom. The van der Waals surface area contributed by atoms with Crippen LogP contribution in [0.25, 0.3) is 5.76 Å². The number of hydrogen-bond donors (Lipinski definition) is 1. The van der Waals surface area contributed by atoms with Crippen molar-refractivity contribution in [3.05, 3.63) is 99.8 Å². The second-order valence-electron chi connectivity index (χ2n) is 9.50. The van der Waals surface area contributed by atoms with Gasteiger partial charge in [0, 0.05) is 24.0 Å². The van der Waals surface area contributed by atoms with Crippen LogP contribution in [0.2, 0.25) is 5.02 Å². The fourth-order valence-electron chi connectivity index (χ4n) is 4.22. The highest BCUT2D eigenvalue weighted by atomic mass is 35.5. The molecule has 1 fully saturated rings. The van der Waals surface area contributed by atoms with E-state index in [1.54, 1.807) is 54.9 Å². The van der Waals surface area contributed by atoms with Crippen molar-refractivity contribution in [3.63, 3.8) is 0 Å². The molecule has 180 valence electrons. The molecule has 35 heavy (non-hydrogen) atoms. The number of ketones is 1. The molecule has 2 aromatic carbocycles. The number of rotatable bonds is 5. The molecule has 0 aliphatic carbocycles. The minimum Gasteiger partial charge on any atom is -0.507 e. The average Bonchev–Trinajstić information content (AvgIpc) is 3.08. The van der Waals surface area contributed by atoms with Crippen LogP contribution in [0.5, 0.6) is 5.75 Å². The molecule has 0 bridgehead atoms. The summed E-state index contributed by atoms with van der Waals surface area (Å²) in [5.74, 6) is -1.30. The summed E-state index contributed by atoms with van der Waals surface area (Å²) < 4.78 is 5.51. The van der Waals surface area contributed by atoms with Gasteiger partial charge in [-0.05, 0) is 58.5 Å². The third kappa shape index (κ3) is 4.80. The van der Waals surface area contributed by atoms with Crippen molar-refractivity contribution >= 4 is 29.1 Å². The van der Waals surface area contributed by atoms with Crippen LogP contribution in [0.1, 0.15) is 49.1 Å². The van der Waals surface area contributed by atoms with Gasteiger partial charge in [0.05, 0.1) is 24.3 Å². The van der Waals surface area contributed by atoms with E-state index in [9.17, 15) is 14.7 Å². The van der Waals surface area contributed by atoms with E-state index < -0.39 is 17.7 Å². The van der Waals surface area contributed by atoms with E-state index in [0.29, 0.717) is 21.9 Å². The number of hydrogen-bond acceptors (Lipinski definition) is 5. The summed E-state index contributed by atoms with van der Waals surface area (Å²) in [6.07, 6.45) is 3.26. The van der Waals surface area contributed by atoms with E-state index in [4.69, 9.17) is 16.3 Å². The quantitative estimate of drug-likeness (QED) is 0.283. The summed E-state index contributed by atoms with van der Waals surface area (Å²) in [5, 5.41) is 12.1. The zero-order chi connectivity index (χ0) is 25.3. The summed E-state index contributed by atoms with van der Waals surface area (Å²) in [6, 6.07) is 15.2. The lowest BCUT2D eigenvalue weighted by Gasteiger charge is -2.26. The molecule has 1 aromatic heterocycles. The van der Waals surface area contributed by atoms with Crippen molar-refractivity contribution in [2.24, 2.45) is 0 Å². The number of amides is 1. The normalized spacial score (nSPS) is 17.6. The number of nitrogens with zero attached hydrogens (tertiary/aromatic N) is 2. The molecule has 1 atom stereocenters. The number of aliphatic hydroxyl groups excluding tert-OH is 1. The van der Waals surface area contributed by atoms with Gasteiger partial charge in [0.25, 0.3) is 11.7 Å². The first kappa shape index (κ1) is 24.5. The van der Waals surface area contributed by atoms with Gasteiger partial charge < -0.3 is 14.7 Å². The number of likely N-dealkylation sites (tertiary alicyclic amines) is 1. The minimum atomic E-state index is -0.802. The molecule has 1 aliphatic heterocycles. The molecule has 0 radical (unpaired) electrons. The van der Waals surface area contributed by atoms with Crippen molar-refractivity contribution in [1.29, 1.82) is 0 Å². The number of halogens is 1. The third-order valence-electron chi connectivity index (χ3n) is 6.15. The first-order valence-electron chi connectivity index (χ1n) is 11.2. The van der Waals surface area contributed by atoms with Crippen LogP contribution >= 0.6 is 11.6 Å². The van der Waals surface area contributed by atoms with Crippen LogP contribution in [0.3, 0.4) is 0 Å². The van der Waals surface area contributed by atoms with Gasteiger partial charge in [-0.3, -0.25) is 14.6 Å². The Morgan fingerprint density at radius 3 is 2.31 bits per heavy atom. The van der Waals surface area contributed by atoms with E-state index in [1.807, 2.05) is 12.1 Å². The molecule has 1 amide bonds. The molecule has 1 N–H and O–H groups in total. The first-order chi connectivity index (χ1) is 16.6. The molecular formula is C28H27ClN2O4. The lowest BCUT2D eigenvalue weighted by molar-refractivity contribution is -0.140. The van der Waals surface area contributed by atoms with Gasteiger partial charge in [0.1, 0.15) is 11.5 Å². The standard InChI is InChI=1S/C28H27ClN2O4/c1-28(2,3)19-7-10-22(35-4)21(15-19)25(32)23-24(18-5-8-20(29)9-6-18)31(27(34)26(23)33)16-17-11-13-30-14-12-17/h5-15,24,32H,16H2,1-4H3/b25-23+. The number of aromatic nitrogens is 1. The van der Waals surface area contributed by atoms with Crippen LogP contribution in [0.4, 0.5) is 0 Å². The number of methoxy groups -OCH3 is 1. The Kier molecular flexibility index (Phi) is 6.68. The molecule has 1 aliphatic rings. The van der Waals surface area contributed by atoms with Gasteiger partial charge in [-0.25, -0.2) is 0 Å². The second-order valence-corrected chi connectivity index (χ2v) is 9.94. The molecular weight excluding hydrogens is 464 g/mol. The maximum absolute atomic E-state index is 13.4.